The zero-order chi connectivity index (χ0) is 17.5. The van der Waals surface area contributed by atoms with Gasteiger partial charge in [0.05, 0.1) is 10.4 Å². The van der Waals surface area contributed by atoms with Gasteiger partial charge in [0.25, 0.3) is 5.89 Å². The Kier molecular flexibility index (Phi) is 4.13. The largest absolute Gasteiger partial charge is 0.334 e. The molecule has 0 unspecified atom stereocenters. The minimum atomic E-state index is -3.55. The van der Waals surface area contributed by atoms with Crippen molar-refractivity contribution < 1.29 is 12.9 Å². The third-order valence-corrected chi connectivity index (χ3v) is 6.70. The predicted molar refractivity (Wildman–Crippen MR) is 92.0 cm³/mol. The van der Waals surface area contributed by atoms with E-state index in [1.165, 1.54) is 0 Å². The molecule has 2 aliphatic rings. The molecule has 2 fully saturated rings. The molecule has 8 heteroatoms. The summed E-state index contributed by atoms with van der Waals surface area (Å²) in [4.78, 5) is 4.59. The second-order valence-electron chi connectivity index (χ2n) is 7.06. The first kappa shape index (κ1) is 16.7. The van der Waals surface area contributed by atoms with E-state index in [4.69, 9.17) is 10.3 Å². The zero-order valence-corrected chi connectivity index (χ0v) is 14.8. The molecule has 0 aliphatic heterocycles. The number of hydrogen-bond donors (Lipinski definition) is 2. The monoisotopic (exact) mass is 362 g/mol. The minimum absolute atomic E-state index is 0.0272. The molecule has 2 aromatic rings. The molecule has 0 bridgehead atoms. The average molecular weight is 362 g/mol. The van der Waals surface area contributed by atoms with Crippen LogP contribution in [0.25, 0.3) is 11.5 Å². The standard InChI is InChI=1S/C17H22N4O3S/c18-17(9-4-10-17)16-19-15(24-20-16)12-5-3-8-14(11-12)25(22,23)21-13-6-1-2-7-13/h3,5,8,11,13,21H,1-2,4,6-7,9-10,18H2. The number of nitrogens with zero attached hydrogens (tertiary/aromatic N) is 2. The highest BCUT2D eigenvalue weighted by atomic mass is 32.2. The van der Waals surface area contributed by atoms with E-state index in [2.05, 4.69) is 14.9 Å². The number of benzene rings is 1. The molecule has 4 rings (SSSR count). The van der Waals surface area contributed by atoms with E-state index in [1.807, 2.05) is 0 Å². The number of aromatic nitrogens is 2. The molecule has 1 heterocycles. The van der Waals surface area contributed by atoms with Gasteiger partial charge < -0.3 is 10.3 Å². The Hall–Kier alpha value is -1.77. The van der Waals surface area contributed by atoms with E-state index >= 15 is 0 Å². The summed E-state index contributed by atoms with van der Waals surface area (Å²) in [5, 5.41) is 3.99. The lowest BCUT2D eigenvalue weighted by Gasteiger charge is -2.34. The molecule has 0 saturated heterocycles. The Morgan fingerprint density at radius 2 is 1.96 bits per heavy atom. The second-order valence-corrected chi connectivity index (χ2v) is 8.78. The van der Waals surface area contributed by atoms with Crippen LogP contribution >= 0.6 is 0 Å². The first-order valence-electron chi connectivity index (χ1n) is 8.72. The van der Waals surface area contributed by atoms with Gasteiger partial charge in [0.2, 0.25) is 10.0 Å². The number of nitrogens with one attached hydrogen (secondary N) is 1. The number of hydrogen-bond acceptors (Lipinski definition) is 6. The van der Waals surface area contributed by atoms with Crippen LogP contribution in [0.4, 0.5) is 0 Å². The fourth-order valence-electron chi connectivity index (χ4n) is 3.45. The van der Waals surface area contributed by atoms with E-state index in [-0.39, 0.29) is 10.9 Å². The summed E-state index contributed by atoms with van der Waals surface area (Å²) in [5.41, 5.74) is 6.29. The Labute approximate surface area is 147 Å². The normalized spacial score (nSPS) is 20.5. The molecule has 0 radical (unpaired) electrons. The van der Waals surface area contributed by atoms with Crippen LogP contribution < -0.4 is 10.5 Å². The molecule has 1 aromatic heterocycles. The zero-order valence-electron chi connectivity index (χ0n) is 13.9. The predicted octanol–water partition coefficient (Wildman–Crippen LogP) is 2.30. The van der Waals surface area contributed by atoms with E-state index in [0.717, 1.165) is 44.9 Å². The quantitative estimate of drug-likeness (QED) is 0.844. The highest BCUT2D eigenvalue weighted by molar-refractivity contribution is 7.89. The van der Waals surface area contributed by atoms with Crippen LogP contribution in [0.1, 0.15) is 50.8 Å². The summed E-state index contributed by atoms with van der Waals surface area (Å²) in [6, 6.07) is 6.62. The van der Waals surface area contributed by atoms with Crippen molar-refractivity contribution in [2.45, 2.75) is 61.4 Å². The van der Waals surface area contributed by atoms with Crippen LogP contribution in [-0.2, 0) is 15.6 Å². The summed E-state index contributed by atoms with van der Waals surface area (Å²) in [6.07, 6.45) is 6.66. The maximum atomic E-state index is 12.6. The van der Waals surface area contributed by atoms with E-state index in [9.17, 15) is 8.42 Å². The summed E-state index contributed by atoms with van der Waals surface area (Å²) in [7, 11) is -3.55. The van der Waals surface area contributed by atoms with Crippen molar-refractivity contribution >= 4 is 10.0 Å². The second kappa shape index (κ2) is 6.19. The van der Waals surface area contributed by atoms with Crippen LogP contribution in [-0.4, -0.2) is 24.6 Å². The van der Waals surface area contributed by atoms with Gasteiger partial charge in [0, 0.05) is 11.6 Å². The molecular weight excluding hydrogens is 340 g/mol. The highest BCUT2D eigenvalue weighted by Crippen LogP contribution is 2.37. The molecule has 7 nitrogen and oxygen atoms in total. The topological polar surface area (TPSA) is 111 Å². The van der Waals surface area contributed by atoms with Crippen molar-refractivity contribution in [3.63, 3.8) is 0 Å². The van der Waals surface area contributed by atoms with Crippen molar-refractivity contribution in [2.75, 3.05) is 0 Å². The highest BCUT2D eigenvalue weighted by Gasteiger charge is 2.39. The van der Waals surface area contributed by atoms with Crippen molar-refractivity contribution in [1.82, 2.24) is 14.9 Å². The lowest BCUT2D eigenvalue weighted by molar-refractivity contribution is 0.229. The molecular formula is C17H22N4O3S. The van der Waals surface area contributed by atoms with Gasteiger partial charge >= 0.3 is 0 Å². The molecule has 2 saturated carbocycles. The fraction of sp³-hybridized carbons (Fsp3) is 0.529. The van der Waals surface area contributed by atoms with Crippen LogP contribution in [0, 0.1) is 0 Å². The molecule has 3 N–H and O–H groups in total. The maximum Gasteiger partial charge on any atom is 0.258 e. The van der Waals surface area contributed by atoms with Gasteiger partial charge in [-0.25, -0.2) is 13.1 Å². The van der Waals surface area contributed by atoms with Crippen LogP contribution in [0.3, 0.4) is 0 Å². The molecule has 0 amide bonds. The van der Waals surface area contributed by atoms with Crippen LogP contribution in [0.5, 0.6) is 0 Å². The van der Waals surface area contributed by atoms with Gasteiger partial charge in [-0.2, -0.15) is 4.98 Å². The van der Waals surface area contributed by atoms with Crippen LogP contribution in [0.2, 0.25) is 0 Å². The van der Waals surface area contributed by atoms with Gasteiger partial charge in [-0.3, -0.25) is 0 Å². The van der Waals surface area contributed by atoms with Gasteiger partial charge in [-0.15, -0.1) is 0 Å². The first-order valence-corrected chi connectivity index (χ1v) is 10.2. The fourth-order valence-corrected chi connectivity index (χ4v) is 4.80. The molecule has 2 aliphatic carbocycles. The summed E-state index contributed by atoms with van der Waals surface area (Å²) < 4.78 is 33.3. The van der Waals surface area contributed by atoms with Gasteiger partial charge in [-0.1, -0.05) is 24.1 Å². The van der Waals surface area contributed by atoms with E-state index in [0.29, 0.717) is 17.3 Å². The minimum Gasteiger partial charge on any atom is -0.334 e. The van der Waals surface area contributed by atoms with Crippen LogP contribution in [0.15, 0.2) is 33.7 Å². The van der Waals surface area contributed by atoms with Gasteiger partial charge in [0.1, 0.15) is 0 Å². The first-order chi connectivity index (χ1) is 12.0. The molecule has 0 atom stereocenters. The third kappa shape index (κ3) is 3.21. The molecule has 0 spiro atoms. The number of nitrogens with two attached hydrogens (primary N) is 1. The van der Waals surface area contributed by atoms with E-state index in [1.54, 1.807) is 24.3 Å². The van der Waals surface area contributed by atoms with Crippen molar-refractivity contribution in [3.8, 4) is 11.5 Å². The maximum absolute atomic E-state index is 12.6. The van der Waals surface area contributed by atoms with Gasteiger partial charge in [0.15, 0.2) is 5.82 Å². The molecule has 25 heavy (non-hydrogen) atoms. The summed E-state index contributed by atoms with van der Waals surface area (Å²) >= 11 is 0. The number of rotatable bonds is 5. The lowest BCUT2D eigenvalue weighted by Crippen LogP contribution is -2.44. The Balaban J connectivity index is 1.59. The van der Waals surface area contributed by atoms with Crippen molar-refractivity contribution in [2.24, 2.45) is 5.73 Å². The van der Waals surface area contributed by atoms with E-state index < -0.39 is 15.6 Å². The lowest BCUT2D eigenvalue weighted by atomic mass is 9.77. The SMILES string of the molecule is NC1(c2noc(-c3cccc(S(=O)(=O)NC4CCCC4)c3)n2)CCC1. The summed E-state index contributed by atoms with van der Waals surface area (Å²) in [6.45, 7) is 0. The molecule has 134 valence electrons. The van der Waals surface area contributed by atoms with Crippen molar-refractivity contribution in [1.29, 1.82) is 0 Å². The van der Waals surface area contributed by atoms with Crippen molar-refractivity contribution in [3.05, 3.63) is 30.1 Å². The average Bonchev–Trinajstić information content (AvgIpc) is 3.24. The number of sulfonamides is 1. The molecule has 1 aromatic carbocycles. The Bertz CT molecular complexity index is 868. The third-order valence-electron chi connectivity index (χ3n) is 5.19. The Morgan fingerprint density at radius 1 is 1.20 bits per heavy atom. The summed E-state index contributed by atoms with van der Waals surface area (Å²) in [5.74, 6) is 0.788. The van der Waals surface area contributed by atoms with Gasteiger partial charge in [-0.05, 0) is 50.3 Å². The smallest absolute Gasteiger partial charge is 0.258 e. The Morgan fingerprint density at radius 3 is 2.64 bits per heavy atom.